The highest BCUT2D eigenvalue weighted by molar-refractivity contribution is 7.98. The van der Waals surface area contributed by atoms with Gasteiger partial charge in [0.25, 0.3) is 0 Å². The van der Waals surface area contributed by atoms with Gasteiger partial charge in [-0.3, -0.25) is 0 Å². The molecule has 1 N–H and O–H groups in total. The smallest absolute Gasteiger partial charge is 0.0462 e. The Morgan fingerprint density at radius 1 is 1.05 bits per heavy atom. The van der Waals surface area contributed by atoms with E-state index in [1.165, 1.54) is 28.9 Å². The van der Waals surface area contributed by atoms with E-state index in [0.29, 0.717) is 6.04 Å². The first-order valence-electron chi connectivity index (χ1n) is 7.10. The molecule has 110 valence electrons. The van der Waals surface area contributed by atoms with Crippen molar-refractivity contribution in [1.29, 1.82) is 0 Å². The summed E-state index contributed by atoms with van der Waals surface area (Å²) in [7, 11) is 0. The van der Waals surface area contributed by atoms with Crippen molar-refractivity contribution in [2.45, 2.75) is 36.1 Å². The normalized spacial score (nSPS) is 14.4. The maximum absolute atomic E-state index is 6.37. The molecule has 0 aliphatic heterocycles. The maximum Gasteiger partial charge on any atom is 0.0462 e. The fourth-order valence-electron chi connectivity index (χ4n) is 2.05. The number of nitrogens with one attached hydrogen (secondary N) is 1. The van der Waals surface area contributed by atoms with Crippen LogP contribution in [0, 0.1) is 0 Å². The number of rotatable bonds is 6. The second kappa shape index (κ2) is 7.06. The number of benzene rings is 2. The van der Waals surface area contributed by atoms with Crippen molar-refractivity contribution in [3.63, 3.8) is 0 Å². The Morgan fingerprint density at radius 3 is 2.48 bits per heavy atom. The Kier molecular flexibility index (Phi) is 5.12. The Morgan fingerprint density at radius 2 is 1.81 bits per heavy atom. The van der Waals surface area contributed by atoms with E-state index >= 15 is 0 Å². The van der Waals surface area contributed by atoms with Gasteiger partial charge in [0.05, 0.1) is 0 Å². The van der Waals surface area contributed by atoms with E-state index in [-0.39, 0.29) is 0 Å². The summed E-state index contributed by atoms with van der Waals surface area (Å²) < 4.78 is 0. The van der Waals surface area contributed by atoms with Crippen LogP contribution in [0.15, 0.2) is 47.4 Å². The molecule has 3 rings (SSSR count). The van der Waals surface area contributed by atoms with Crippen LogP contribution < -0.4 is 5.32 Å². The minimum absolute atomic E-state index is 0.708. The molecule has 0 aromatic heterocycles. The van der Waals surface area contributed by atoms with Crippen molar-refractivity contribution in [2.75, 3.05) is 0 Å². The van der Waals surface area contributed by atoms with E-state index < -0.39 is 0 Å². The third-order valence-electron chi connectivity index (χ3n) is 3.50. The van der Waals surface area contributed by atoms with E-state index in [1.54, 1.807) is 11.8 Å². The van der Waals surface area contributed by atoms with Gasteiger partial charge in [-0.25, -0.2) is 0 Å². The lowest BCUT2D eigenvalue weighted by atomic mass is 10.2. The molecule has 0 atom stereocenters. The van der Waals surface area contributed by atoms with Gasteiger partial charge in [0, 0.05) is 33.3 Å². The molecular weight excluding hydrogens is 321 g/mol. The zero-order valence-electron chi connectivity index (χ0n) is 11.6. The predicted molar refractivity (Wildman–Crippen MR) is 92.3 cm³/mol. The maximum atomic E-state index is 6.37. The zero-order valence-corrected chi connectivity index (χ0v) is 13.9. The van der Waals surface area contributed by atoms with E-state index in [4.69, 9.17) is 23.2 Å². The lowest BCUT2D eigenvalue weighted by molar-refractivity contribution is 0.687. The third-order valence-corrected chi connectivity index (χ3v) is 5.17. The van der Waals surface area contributed by atoms with Crippen LogP contribution in [0.4, 0.5) is 0 Å². The first-order valence-corrected chi connectivity index (χ1v) is 8.84. The topological polar surface area (TPSA) is 12.0 Å². The van der Waals surface area contributed by atoms with Gasteiger partial charge in [-0.15, -0.1) is 11.8 Å². The van der Waals surface area contributed by atoms with Gasteiger partial charge in [0.1, 0.15) is 0 Å². The Bertz CT molecular complexity index is 609. The molecule has 0 saturated heterocycles. The number of thioether (sulfide) groups is 1. The Labute approximate surface area is 140 Å². The molecule has 2 aromatic carbocycles. The van der Waals surface area contributed by atoms with Gasteiger partial charge in [0.15, 0.2) is 0 Å². The van der Waals surface area contributed by atoms with E-state index in [0.717, 1.165) is 22.3 Å². The highest BCUT2D eigenvalue weighted by atomic mass is 35.5. The second-order valence-electron chi connectivity index (χ2n) is 5.32. The summed E-state index contributed by atoms with van der Waals surface area (Å²) in [4.78, 5) is 1.20. The Hall–Kier alpha value is -0.670. The second-order valence-corrected chi connectivity index (χ2v) is 7.22. The molecule has 1 aliphatic carbocycles. The standard InChI is InChI=1S/C17H17Cl2NS/c18-14-4-1-12(2-5-14)11-21-16-8-3-13(17(19)9-16)10-20-15-6-7-15/h1-5,8-9,15,20H,6-7,10-11H2. The minimum Gasteiger partial charge on any atom is -0.310 e. The van der Waals surface area contributed by atoms with Crippen molar-refractivity contribution >= 4 is 35.0 Å². The van der Waals surface area contributed by atoms with Crippen LogP contribution >= 0.6 is 35.0 Å². The van der Waals surface area contributed by atoms with Crippen LogP contribution in [0.1, 0.15) is 24.0 Å². The highest BCUT2D eigenvalue weighted by Gasteiger charge is 2.20. The molecule has 2 aromatic rings. The summed E-state index contributed by atoms with van der Waals surface area (Å²) in [5.41, 5.74) is 2.44. The number of halogens is 2. The lowest BCUT2D eigenvalue weighted by Crippen LogP contribution is -2.15. The average Bonchev–Trinajstić information content (AvgIpc) is 3.30. The van der Waals surface area contributed by atoms with Crippen LogP contribution in [0.3, 0.4) is 0 Å². The lowest BCUT2D eigenvalue weighted by Gasteiger charge is -2.08. The molecule has 4 heteroatoms. The molecule has 1 aliphatic rings. The SMILES string of the molecule is Clc1ccc(CSc2ccc(CNC3CC3)c(Cl)c2)cc1. The third kappa shape index (κ3) is 4.65. The van der Waals surface area contributed by atoms with Gasteiger partial charge in [-0.1, -0.05) is 41.4 Å². The monoisotopic (exact) mass is 337 g/mol. The summed E-state index contributed by atoms with van der Waals surface area (Å²) in [5, 5.41) is 5.12. The Balaban J connectivity index is 1.57. The minimum atomic E-state index is 0.708. The largest absolute Gasteiger partial charge is 0.310 e. The van der Waals surface area contributed by atoms with Crippen LogP contribution in [-0.2, 0) is 12.3 Å². The fraction of sp³-hybridized carbons (Fsp3) is 0.294. The molecule has 0 radical (unpaired) electrons. The summed E-state index contributed by atoms with van der Waals surface area (Å²) in [6.45, 7) is 0.867. The van der Waals surface area contributed by atoms with Crippen molar-refractivity contribution in [1.82, 2.24) is 5.32 Å². The van der Waals surface area contributed by atoms with Gasteiger partial charge >= 0.3 is 0 Å². The molecule has 0 bridgehead atoms. The van der Waals surface area contributed by atoms with Crippen LogP contribution in [0.2, 0.25) is 10.0 Å². The zero-order chi connectivity index (χ0) is 14.7. The molecule has 0 spiro atoms. The molecular formula is C17H17Cl2NS. The molecule has 1 fully saturated rings. The first-order chi connectivity index (χ1) is 10.2. The summed E-state index contributed by atoms with van der Waals surface area (Å²) in [6.07, 6.45) is 2.60. The molecule has 21 heavy (non-hydrogen) atoms. The van der Waals surface area contributed by atoms with Crippen LogP contribution in [0.5, 0.6) is 0 Å². The predicted octanol–water partition coefficient (Wildman–Crippen LogP) is 5.54. The summed E-state index contributed by atoms with van der Waals surface area (Å²) >= 11 is 14.0. The van der Waals surface area contributed by atoms with Gasteiger partial charge in [0.2, 0.25) is 0 Å². The van der Waals surface area contributed by atoms with Gasteiger partial charge in [-0.2, -0.15) is 0 Å². The van der Waals surface area contributed by atoms with E-state index in [2.05, 4.69) is 35.6 Å². The van der Waals surface area contributed by atoms with Crippen molar-refractivity contribution in [2.24, 2.45) is 0 Å². The average molecular weight is 338 g/mol. The first kappa shape index (κ1) is 15.2. The van der Waals surface area contributed by atoms with Crippen LogP contribution in [0.25, 0.3) is 0 Å². The highest BCUT2D eigenvalue weighted by Crippen LogP contribution is 2.28. The van der Waals surface area contributed by atoms with Crippen LogP contribution in [-0.4, -0.2) is 6.04 Å². The molecule has 1 saturated carbocycles. The summed E-state index contributed by atoms with van der Waals surface area (Å²) in [5.74, 6) is 0.924. The molecule has 0 amide bonds. The molecule has 0 heterocycles. The van der Waals surface area contributed by atoms with E-state index in [9.17, 15) is 0 Å². The fourth-order valence-corrected chi connectivity index (χ4v) is 3.38. The summed E-state index contributed by atoms with van der Waals surface area (Å²) in [6, 6.07) is 15.0. The molecule has 1 nitrogen and oxygen atoms in total. The molecule has 0 unspecified atom stereocenters. The number of hydrogen-bond acceptors (Lipinski definition) is 2. The van der Waals surface area contributed by atoms with Crippen molar-refractivity contribution in [3.05, 3.63) is 63.6 Å². The number of hydrogen-bond donors (Lipinski definition) is 1. The van der Waals surface area contributed by atoms with E-state index in [1.807, 2.05) is 12.1 Å². The quantitative estimate of drug-likeness (QED) is 0.694. The van der Waals surface area contributed by atoms with Gasteiger partial charge in [-0.05, 0) is 48.2 Å². The van der Waals surface area contributed by atoms with Crippen molar-refractivity contribution in [3.8, 4) is 0 Å². The van der Waals surface area contributed by atoms with Gasteiger partial charge < -0.3 is 5.32 Å². The van der Waals surface area contributed by atoms with Crippen molar-refractivity contribution < 1.29 is 0 Å².